The van der Waals surface area contributed by atoms with Crippen LogP contribution < -0.4 is 14.9 Å². The first-order valence-electron chi connectivity index (χ1n) is 7.16. The first-order chi connectivity index (χ1) is 11.9. The number of sulfonamides is 1. The molecule has 0 unspecified atom stereocenters. The number of hydrogen-bond donors (Lipinski definition) is 3. The summed E-state index contributed by atoms with van der Waals surface area (Å²) < 4.78 is 31.1. The summed E-state index contributed by atoms with van der Waals surface area (Å²) in [7, 11) is -2.34. The molecule has 9 heteroatoms. The van der Waals surface area contributed by atoms with Crippen LogP contribution in [-0.2, 0) is 14.8 Å². The number of hydrogen-bond acceptors (Lipinski definition) is 6. The molecule has 0 saturated carbocycles. The van der Waals surface area contributed by atoms with Gasteiger partial charge in [0.15, 0.2) is 11.5 Å². The highest BCUT2D eigenvalue weighted by molar-refractivity contribution is 7.89. The van der Waals surface area contributed by atoms with Gasteiger partial charge in [0.2, 0.25) is 10.0 Å². The summed E-state index contributed by atoms with van der Waals surface area (Å²) in [5.74, 6) is -0.369. The second-order valence-corrected chi connectivity index (χ2v) is 6.63. The number of ether oxygens (including phenoxy) is 1. The van der Waals surface area contributed by atoms with Crippen LogP contribution in [0.5, 0.6) is 11.5 Å². The van der Waals surface area contributed by atoms with Crippen molar-refractivity contribution in [3.63, 3.8) is 0 Å². The minimum atomic E-state index is -3.75. The SMILES string of the molecule is COc1cc(/C=N\NC(=O)CNS(=O)(=O)c2ccccc2)ccc1O. The normalized spacial score (nSPS) is 11.4. The molecule has 2 aromatic rings. The van der Waals surface area contributed by atoms with E-state index >= 15 is 0 Å². The van der Waals surface area contributed by atoms with Crippen molar-refractivity contribution in [3.05, 3.63) is 54.1 Å². The van der Waals surface area contributed by atoms with Gasteiger partial charge in [0.1, 0.15) is 0 Å². The van der Waals surface area contributed by atoms with E-state index in [1.807, 2.05) is 0 Å². The third-order valence-electron chi connectivity index (χ3n) is 3.08. The van der Waals surface area contributed by atoms with Gasteiger partial charge in [-0.3, -0.25) is 4.79 Å². The average molecular weight is 363 g/mol. The second-order valence-electron chi connectivity index (χ2n) is 4.86. The summed E-state index contributed by atoms with van der Waals surface area (Å²) in [5, 5.41) is 13.2. The first kappa shape index (κ1) is 18.4. The van der Waals surface area contributed by atoms with E-state index in [4.69, 9.17) is 4.74 Å². The number of phenols is 1. The standard InChI is InChI=1S/C16H17N3O5S/c1-24-15-9-12(7-8-14(15)20)10-17-19-16(21)11-18-25(22,23)13-5-3-2-4-6-13/h2-10,18,20H,11H2,1H3,(H,19,21)/b17-10-. The highest BCUT2D eigenvalue weighted by atomic mass is 32.2. The van der Waals surface area contributed by atoms with Crippen LogP contribution in [-0.4, -0.2) is 39.3 Å². The van der Waals surface area contributed by atoms with E-state index in [0.717, 1.165) is 0 Å². The van der Waals surface area contributed by atoms with E-state index in [1.54, 1.807) is 24.3 Å². The maximum Gasteiger partial charge on any atom is 0.255 e. The van der Waals surface area contributed by atoms with Crippen LogP contribution >= 0.6 is 0 Å². The molecule has 0 bridgehead atoms. The lowest BCUT2D eigenvalue weighted by Crippen LogP contribution is -2.34. The summed E-state index contributed by atoms with van der Waals surface area (Å²) in [5.41, 5.74) is 2.79. The fourth-order valence-corrected chi connectivity index (χ4v) is 2.84. The maximum absolute atomic E-state index is 12.0. The Kier molecular flexibility index (Phi) is 6.09. The molecular formula is C16H17N3O5S. The predicted octanol–water partition coefficient (Wildman–Crippen LogP) is 0.829. The van der Waals surface area contributed by atoms with Gasteiger partial charge in [0.05, 0.1) is 24.8 Å². The number of nitrogens with zero attached hydrogens (tertiary/aromatic N) is 1. The molecule has 0 fully saturated rings. The number of amides is 1. The Morgan fingerprint density at radius 1 is 1.24 bits per heavy atom. The van der Waals surface area contributed by atoms with Gasteiger partial charge in [-0.15, -0.1) is 0 Å². The first-order valence-corrected chi connectivity index (χ1v) is 8.64. The number of carbonyl (C=O) groups excluding carboxylic acids is 1. The number of nitrogens with one attached hydrogen (secondary N) is 2. The molecule has 0 aliphatic heterocycles. The molecule has 0 heterocycles. The molecule has 3 N–H and O–H groups in total. The largest absolute Gasteiger partial charge is 0.504 e. The van der Waals surface area contributed by atoms with Crippen molar-refractivity contribution in [1.82, 2.24) is 10.1 Å². The van der Waals surface area contributed by atoms with E-state index in [9.17, 15) is 18.3 Å². The summed E-state index contributed by atoms with van der Waals surface area (Å²) >= 11 is 0. The Labute approximate surface area is 145 Å². The van der Waals surface area contributed by atoms with Crippen LogP contribution in [0.15, 0.2) is 58.5 Å². The van der Waals surface area contributed by atoms with Crippen LogP contribution in [0.3, 0.4) is 0 Å². The highest BCUT2D eigenvalue weighted by Crippen LogP contribution is 2.25. The van der Waals surface area contributed by atoms with Crippen molar-refractivity contribution in [2.75, 3.05) is 13.7 Å². The molecule has 2 aromatic carbocycles. The zero-order valence-corrected chi connectivity index (χ0v) is 14.2. The van der Waals surface area contributed by atoms with Gasteiger partial charge in [0, 0.05) is 0 Å². The summed E-state index contributed by atoms with van der Waals surface area (Å²) in [4.78, 5) is 11.7. The molecule has 8 nitrogen and oxygen atoms in total. The van der Waals surface area contributed by atoms with E-state index in [0.29, 0.717) is 5.56 Å². The molecule has 0 aliphatic carbocycles. The molecular weight excluding hydrogens is 346 g/mol. The van der Waals surface area contributed by atoms with Crippen molar-refractivity contribution in [3.8, 4) is 11.5 Å². The lowest BCUT2D eigenvalue weighted by Gasteiger charge is -2.05. The molecule has 0 saturated heterocycles. The van der Waals surface area contributed by atoms with Gasteiger partial charge in [-0.25, -0.2) is 18.6 Å². The number of carbonyl (C=O) groups is 1. The molecule has 0 spiro atoms. The van der Waals surface area contributed by atoms with Gasteiger partial charge in [-0.1, -0.05) is 18.2 Å². The van der Waals surface area contributed by atoms with Crippen LogP contribution in [0, 0.1) is 0 Å². The Morgan fingerprint density at radius 3 is 2.64 bits per heavy atom. The number of aromatic hydroxyl groups is 1. The minimum absolute atomic E-state index is 0.0148. The second kappa shape index (κ2) is 8.27. The van der Waals surface area contributed by atoms with Gasteiger partial charge in [0.25, 0.3) is 5.91 Å². The molecule has 25 heavy (non-hydrogen) atoms. The fourth-order valence-electron chi connectivity index (χ4n) is 1.84. The number of phenolic OH excluding ortho intramolecular Hbond substituents is 1. The number of methoxy groups -OCH3 is 1. The smallest absolute Gasteiger partial charge is 0.255 e. The van der Waals surface area contributed by atoms with Crippen LogP contribution in [0.25, 0.3) is 0 Å². The number of rotatable bonds is 7. The van der Waals surface area contributed by atoms with E-state index in [-0.39, 0.29) is 16.4 Å². The quantitative estimate of drug-likeness (QED) is 0.498. The van der Waals surface area contributed by atoms with Crippen LogP contribution in [0.4, 0.5) is 0 Å². The van der Waals surface area contributed by atoms with Gasteiger partial charge in [-0.2, -0.15) is 5.10 Å². The monoisotopic (exact) mass is 363 g/mol. The minimum Gasteiger partial charge on any atom is -0.504 e. The zero-order chi connectivity index (χ0) is 18.3. The van der Waals surface area contributed by atoms with Crippen molar-refractivity contribution in [2.24, 2.45) is 5.10 Å². The molecule has 0 aromatic heterocycles. The summed E-state index contributed by atoms with van der Waals surface area (Å²) in [6.07, 6.45) is 1.34. The molecule has 0 atom stereocenters. The lowest BCUT2D eigenvalue weighted by molar-refractivity contribution is -0.119. The van der Waals surface area contributed by atoms with Crippen molar-refractivity contribution in [1.29, 1.82) is 0 Å². The van der Waals surface area contributed by atoms with Gasteiger partial charge in [-0.05, 0) is 35.9 Å². The van der Waals surface area contributed by atoms with Crippen LogP contribution in [0.1, 0.15) is 5.56 Å². The van der Waals surface area contributed by atoms with Crippen molar-refractivity contribution < 1.29 is 23.1 Å². The van der Waals surface area contributed by atoms with Crippen LogP contribution in [0.2, 0.25) is 0 Å². The topological polar surface area (TPSA) is 117 Å². The predicted molar refractivity (Wildman–Crippen MR) is 92.0 cm³/mol. The zero-order valence-electron chi connectivity index (χ0n) is 13.3. The Morgan fingerprint density at radius 2 is 1.96 bits per heavy atom. The van der Waals surface area contributed by atoms with E-state index < -0.39 is 22.5 Å². The Balaban J connectivity index is 1.89. The Hall–Kier alpha value is -2.91. The number of benzene rings is 2. The fraction of sp³-hybridized carbons (Fsp3) is 0.125. The summed E-state index contributed by atoms with van der Waals surface area (Å²) in [6.45, 7) is -0.451. The van der Waals surface area contributed by atoms with E-state index in [2.05, 4.69) is 15.2 Å². The molecule has 0 aliphatic rings. The molecule has 2 rings (SSSR count). The van der Waals surface area contributed by atoms with E-state index in [1.165, 1.54) is 37.6 Å². The molecule has 0 radical (unpaired) electrons. The highest BCUT2D eigenvalue weighted by Gasteiger charge is 2.14. The molecule has 132 valence electrons. The van der Waals surface area contributed by atoms with Gasteiger partial charge >= 0.3 is 0 Å². The number of hydrazone groups is 1. The summed E-state index contributed by atoms with van der Waals surface area (Å²) in [6, 6.07) is 12.3. The van der Waals surface area contributed by atoms with Crippen molar-refractivity contribution in [2.45, 2.75) is 4.90 Å². The average Bonchev–Trinajstić information content (AvgIpc) is 2.62. The third-order valence-corrected chi connectivity index (χ3v) is 4.50. The molecule has 1 amide bonds. The van der Waals surface area contributed by atoms with Gasteiger partial charge < -0.3 is 9.84 Å². The Bertz CT molecular complexity index is 867. The van der Waals surface area contributed by atoms with Crippen molar-refractivity contribution >= 4 is 22.1 Å². The maximum atomic E-state index is 12.0. The third kappa shape index (κ3) is 5.30. The lowest BCUT2D eigenvalue weighted by atomic mass is 10.2.